The molecular formula is C23H26N4O. The third-order valence-electron chi connectivity index (χ3n) is 5.51. The van der Waals surface area contributed by atoms with Gasteiger partial charge < -0.3 is 9.80 Å². The number of aromatic nitrogens is 2. The topological polar surface area (TPSA) is 41.4 Å². The maximum Gasteiger partial charge on any atom is 0.274 e. The summed E-state index contributed by atoms with van der Waals surface area (Å²) in [6.07, 6.45) is 0. The van der Waals surface area contributed by atoms with Crippen LogP contribution in [0.15, 0.2) is 60.7 Å². The van der Waals surface area contributed by atoms with Crippen LogP contribution < -0.4 is 4.90 Å². The quantitative estimate of drug-likeness (QED) is 0.701. The molecule has 1 aromatic heterocycles. The molecule has 2 aromatic carbocycles. The molecule has 1 fully saturated rings. The van der Waals surface area contributed by atoms with E-state index in [0.717, 1.165) is 24.3 Å². The Hall–Kier alpha value is -3.08. The molecule has 28 heavy (non-hydrogen) atoms. The summed E-state index contributed by atoms with van der Waals surface area (Å²) in [4.78, 5) is 17.5. The van der Waals surface area contributed by atoms with Crippen LogP contribution in [0, 0.1) is 6.92 Å². The molecule has 144 valence electrons. The van der Waals surface area contributed by atoms with Gasteiger partial charge in [-0.15, -0.1) is 0 Å². The Kier molecular flexibility index (Phi) is 4.90. The van der Waals surface area contributed by atoms with Crippen LogP contribution in [0.2, 0.25) is 0 Å². The molecule has 0 unspecified atom stereocenters. The molecule has 5 nitrogen and oxygen atoms in total. The molecule has 1 saturated heterocycles. The fraction of sp³-hybridized carbons (Fsp3) is 0.304. The summed E-state index contributed by atoms with van der Waals surface area (Å²) >= 11 is 0. The zero-order valence-corrected chi connectivity index (χ0v) is 16.7. The number of anilines is 1. The van der Waals surface area contributed by atoms with Crippen molar-refractivity contribution in [3.63, 3.8) is 0 Å². The number of rotatable bonds is 3. The van der Waals surface area contributed by atoms with Crippen molar-refractivity contribution in [3.8, 4) is 11.3 Å². The van der Waals surface area contributed by atoms with E-state index in [9.17, 15) is 4.79 Å². The standard InChI is InChI=1S/C23H26N4O/c1-17-9-7-8-12-21(17)26-13-14-27(18(2)16-26)23(28)20-15-22(25(3)24-20)19-10-5-4-6-11-19/h4-12,15,18H,13-14,16H2,1-3H3/t18-/m1/s1. The largest absolute Gasteiger partial charge is 0.367 e. The molecule has 1 atom stereocenters. The number of carbonyl (C=O) groups excluding carboxylic acids is 1. The van der Waals surface area contributed by atoms with Gasteiger partial charge in [-0.2, -0.15) is 5.10 Å². The zero-order chi connectivity index (χ0) is 19.7. The summed E-state index contributed by atoms with van der Waals surface area (Å²) in [6, 6.07) is 20.5. The maximum atomic E-state index is 13.1. The molecule has 1 aliphatic rings. The molecule has 4 rings (SSSR count). The second-order valence-electron chi connectivity index (χ2n) is 7.48. The van der Waals surface area contributed by atoms with E-state index in [-0.39, 0.29) is 11.9 Å². The van der Waals surface area contributed by atoms with Gasteiger partial charge in [-0.05, 0) is 37.1 Å². The van der Waals surface area contributed by atoms with Crippen molar-refractivity contribution >= 4 is 11.6 Å². The van der Waals surface area contributed by atoms with E-state index in [4.69, 9.17) is 0 Å². The van der Waals surface area contributed by atoms with E-state index in [1.807, 2.05) is 48.3 Å². The Morgan fingerprint density at radius 1 is 1.04 bits per heavy atom. The lowest BCUT2D eigenvalue weighted by Gasteiger charge is -2.41. The second-order valence-corrected chi connectivity index (χ2v) is 7.48. The van der Waals surface area contributed by atoms with Gasteiger partial charge in [-0.3, -0.25) is 9.48 Å². The van der Waals surface area contributed by atoms with Crippen molar-refractivity contribution in [3.05, 3.63) is 71.9 Å². The summed E-state index contributed by atoms with van der Waals surface area (Å²) < 4.78 is 1.79. The lowest BCUT2D eigenvalue weighted by Crippen LogP contribution is -2.54. The summed E-state index contributed by atoms with van der Waals surface area (Å²) in [5.41, 5.74) is 5.05. The Morgan fingerprint density at radius 3 is 2.46 bits per heavy atom. The number of amides is 1. The fourth-order valence-electron chi connectivity index (χ4n) is 3.99. The summed E-state index contributed by atoms with van der Waals surface area (Å²) in [7, 11) is 1.89. The van der Waals surface area contributed by atoms with Crippen LogP contribution in [0.5, 0.6) is 0 Å². The Bertz CT molecular complexity index is 979. The van der Waals surface area contributed by atoms with Gasteiger partial charge in [0, 0.05) is 38.4 Å². The van der Waals surface area contributed by atoms with Crippen molar-refractivity contribution in [2.24, 2.45) is 7.05 Å². The Morgan fingerprint density at radius 2 is 1.75 bits per heavy atom. The first kappa shape index (κ1) is 18.3. The highest BCUT2D eigenvalue weighted by atomic mass is 16.2. The van der Waals surface area contributed by atoms with Gasteiger partial charge in [-0.1, -0.05) is 48.5 Å². The van der Waals surface area contributed by atoms with E-state index < -0.39 is 0 Å². The van der Waals surface area contributed by atoms with E-state index in [1.165, 1.54) is 11.3 Å². The van der Waals surface area contributed by atoms with Gasteiger partial charge in [0.2, 0.25) is 0 Å². The SMILES string of the molecule is Cc1ccccc1N1CCN(C(=O)c2cc(-c3ccccc3)n(C)n2)[C@H](C)C1. The average Bonchev–Trinajstić information content (AvgIpc) is 3.10. The summed E-state index contributed by atoms with van der Waals surface area (Å²) in [5, 5.41) is 4.50. The maximum absolute atomic E-state index is 13.1. The number of hydrogen-bond donors (Lipinski definition) is 0. The molecule has 5 heteroatoms. The van der Waals surface area contributed by atoms with Crippen molar-refractivity contribution in [1.82, 2.24) is 14.7 Å². The predicted molar refractivity (Wildman–Crippen MR) is 113 cm³/mol. The Balaban J connectivity index is 1.51. The number of hydrogen-bond acceptors (Lipinski definition) is 3. The van der Waals surface area contributed by atoms with Gasteiger partial charge in [0.15, 0.2) is 5.69 Å². The van der Waals surface area contributed by atoms with E-state index in [0.29, 0.717) is 12.2 Å². The van der Waals surface area contributed by atoms with Gasteiger partial charge in [0.1, 0.15) is 0 Å². The number of nitrogens with zero attached hydrogens (tertiary/aromatic N) is 4. The van der Waals surface area contributed by atoms with Crippen LogP contribution in [-0.4, -0.2) is 46.3 Å². The molecule has 0 aliphatic carbocycles. The number of benzene rings is 2. The molecule has 1 amide bonds. The number of piperazine rings is 1. The molecular weight excluding hydrogens is 348 g/mol. The van der Waals surface area contributed by atoms with E-state index in [2.05, 4.69) is 48.1 Å². The number of carbonyl (C=O) groups is 1. The fourth-order valence-corrected chi connectivity index (χ4v) is 3.99. The first-order valence-electron chi connectivity index (χ1n) is 9.75. The highest BCUT2D eigenvalue weighted by Gasteiger charge is 2.30. The minimum atomic E-state index is 0.00900. The van der Waals surface area contributed by atoms with Gasteiger partial charge in [-0.25, -0.2) is 0 Å². The third kappa shape index (κ3) is 3.40. The summed E-state index contributed by atoms with van der Waals surface area (Å²) in [6.45, 7) is 6.61. The minimum absolute atomic E-state index is 0.00900. The van der Waals surface area contributed by atoms with Gasteiger partial charge >= 0.3 is 0 Å². The van der Waals surface area contributed by atoms with E-state index in [1.54, 1.807) is 4.68 Å². The highest BCUT2D eigenvalue weighted by molar-refractivity contribution is 5.94. The Labute approximate surface area is 166 Å². The molecule has 0 saturated carbocycles. The smallest absolute Gasteiger partial charge is 0.274 e. The first-order chi connectivity index (χ1) is 13.5. The highest BCUT2D eigenvalue weighted by Crippen LogP contribution is 2.25. The van der Waals surface area contributed by atoms with Crippen LogP contribution in [0.1, 0.15) is 23.0 Å². The van der Waals surface area contributed by atoms with E-state index >= 15 is 0 Å². The predicted octanol–water partition coefficient (Wildman–Crippen LogP) is 3.75. The second kappa shape index (κ2) is 7.50. The summed E-state index contributed by atoms with van der Waals surface area (Å²) in [5.74, 6) is 0.00900. The van der Waals surface area contributed by atoms with Crippen molar-refractivity contribution in [1.29, 1.82) is 0 Å². The van der Waals surface area contributed by atoms with Crippen LogP contribution in [0.3, 0.4) is 0 Å². The lowest BCUT2D eigenvalue weighted by atomic mass is 10.1. The van der Waals surface area contributed by atoms with Crippen LogP contribution in [-0.2, 0) is 7.05 Å². The first-order valence-corrected chi connectivity index (χ1v) is 9.75. The van der Waals surface area contributed by atoms with Crippen molar-refractivity contribution in [2.45, 2.75) is 19.9 Å². The third-order valence-corrected chi connectivity index (χ3v) is 5.51. The molecule has 0 bridgehead atoms. The molecule has 1 aliphatic heterocycles. The van der Waals surface area contributed by atoms with Crippen LogP contribution >= 0.6 is 0 Å². The normalized spacial score (nSPS) is 17.0. The number of aryl methyl sites for hydroxylation is 2. The van der Waals surface area contributed by atoms with Crippen LogP contribution in [0.25, 0.3) is 11.3 Å². The molecule has 0 spiro atoms. The molecule has 0 N–H and O–H groups in total. The minimum Gasteiger partial charge on any atom is -0.367 e. The molecule has 2 heterocycles. The van der Waals surface area contributed by atoms with Gasteiger partial charge in [0.25, 0.3) is 5.91 Å². The monoisotopic (exact) mass is 374 g/mol. The zero-order valence-electron chi connectivity index (χ0n) is 16.7. The van der Waals surface area contributed by atoms with Crippen molar-refractivity contribution < 1.29 is 4.79 Å². The lowest BCUT2D eigenvalue weighted by molar-refractivity contribution is 0.0667. The molecule has 0 radical (unpaired) electrons. The average molecular weight is 374 g/mol. The molecule has 3 aromatic rings. The van der Waals surface area contributed by atoms with Crippen LogP contribution in [0.4, 0.5) is 5.69 Å². The van der Waals surface area contributed by atoms with Crippen molar-refractivity contribution in [2.75, 3.05) is 24.5 Å². The van der Waals surface area contributed by atoms with Gasteiger partial charge in [0.05, 0.1) is 5.69 Å². The number of para-hydroxylation sites is 1.